The molecule has 6 nitrogen and oxygen atoms in total. The molecule has 6 heteroatoms. The van der Waals surface area contributed by atoms with Crippen LogP contribution >= 0.6 is 0 Å². The summed E-state index contributed by atoms with van der Waals surface area (Å²) < 4.78 is 11.2. The van der Waals surface area contributed by atoms with Crippen LogP contribution in [0.3, 0.4) is 0 Å². The zero-order valence-corrected chi connectivity index (χ0v) is 16.9. The van der Waals surface area contributed by atoms with E-state index in [1.807, 2.05) is 84.9 Å². The Morgan fingerprint density at radius 3 is 2.13 bits per heavy atom. The highest BCUT2D eigenvalue weighted by atomic mass is 16.5. The Balaban J connectivity index is 1.55. The van der Waals surface area contributed by atoms with Crippen LogP contribution in [0.5, 0.6) is 17.2 Å². The standard InChI is InChI=1S/C25H20N4O2/c1-30-18-11-7-16(8-12-18)21-15-22-23(25(26)29-28-22)24(27-21)17-9-13-20(14-10-17)31-19-5-3-2-4-6-19/h2-15H,1H3,(H3,26,28,29). The average molecular weight is 408 g/mol. The molecule has 0 aliphatic rings. The molecule has 2 aromatic heterocycles. The third kappa shape index (κ3) is 3.67. The number of aromatic amines is 1. The molecule has 31 heavy (non-hydrogen) atoms. The van der Waals surface area contributed by atoms with E-state index in [4.69, 9.17) is 20.2 Å². The molecule has 0 saturated carbocycles. The number of nitrogens with zero attached hydrogens (tertiary/aromatic N) is 2. The lowest BCUT2D eigenvalue weighted by Gasteiger charge is -2.10. The monoisotopic (exact) mass is 408 g/mol. The van der Waals surface area contributed by atoms with Crippen molar-refractivity contribution in [3.05, 3.63) is 84.9 Å². The fourth-order valence-corrected chi connectivity index (χ4v) is 3.49. The summed E-state index contributed by atoms with van der Waals surface area (Å²) in [5.74, 6) is 2.75. The predicted molar refractivity (Wildman–Crippen MR) is 122 cm³/mol. The van der Waals surface area contributed by atoms with E-state index in [1.54, 1.807) is 7.11 Å². The molecule has 0 radical (unpaired) electrons. The number of para-hydroxylation sites is 1. The lowest BCUT2D eigenvalue weighted by molar-refractivity contribution is 0.415. The predicted octanol–water partition coefficient (Wildman–Crippen LogP) is 5.68. The van der Waals surface area contributed by atoms with Crippen molar-refractivity contribution in [3.63, 3.8) is 0 Å². The highest BCUT2D eigenvalue weighted by molar-refractivity contribution is 6.01. The van der Waals surface area contributed by atoms with Gasteiger partial charge in [0.15, 0.2) is 5.82 Å². The van der Waals surface area contributed by atoms with E-state index >= 15 is 0 Å². The maximum absolute atomic E-state index is 6.15. The van der Waals surface area contributed by atoms with Gasteiger partial charge in [0.05, 0.1) is 29.4 Å². The number of nitrogens with two attached hydrogens (primary N) is 1. The Morgan fingerprint density at radius 2 is 1.42 bits per heavy atom. The summed E-state index contributed by atoms with van der Waals surface area (Å²) in [6.07, 6.45) is 0. The van der Waals surface area contributed by atoms with Crippen LogP contribution < -0.4 is 15.2 Å². The number of anilines is 1. The third-order valence-electron chi connectivity index (χ3n) is 5.06. The minimum atomic E-state index is 0.420. The average Bonchev–Trinajstić information content (AvgIpc) is 3.20. The maximum atomic E-state index is 6.15. The summed E-state index contributed by atoms with van der Waals surface area (Å²) in [6, 6.07) is 27.2. The van der Waals surface area contributed by atoms with Crippen LogP contribution in [0.25, 0.3) is 33.4 Å². The summed E-state index contributed by atoms with van der Waals surface area (Å²) in [4.78, 5) is 4.92. The van der Waals surface area contributed by atoms with Crippen LogP contribution in [0.4, 0.5) is 5.82 Å². The first-order chi connectivity index (χ1) is 15.2. The number of benzene rings is 3. The Labute approximate surface area is 179 Å². The van der Waals surface area contributed by atoms with E-state index in [-0.39, 0.29) is 0 Å². The number of rotatable bonds is 5. The number of nitrogen functional groups attached to an aromatic ring is 1. The normalized spacial score (nSPS) is 10.9. The number of aromatic nitrogens is 3. The first-order valence-corrected chi connectivity index (χ1v) is 9.83. The van der Waals surface area contributed by atoms with Crippen molar-refractivity contribution in [3.8, 4) is 39.8 Å². The van der Waals surface area contributed by atoms with Gasteiger partial charge < -0.3 is 15.2 Å². The molecule has 5 aromatic rings. The summed E-state index contributed by atoms with van der Waals surface area (Å²) in [5, 5.41) is 8.00. The van der Waals surface area contributed by atoms with E-state index in [0.717, 1.165) is 50.7 Å². The van der Waals surface area contributed by atoms with Gasteiger partial charge in [-0.25, -0.2) is 4.98 Å². The lowest BCUT2D eigenvalue weighted by Crippen LogP contribution is -1.93. The molecule has 0 fully saturated rings. The smallest absolute Gasteiger partial charge is 0.155 e. The molecule has 0 bridgehead atoms. The van der Waals surface area contributed by atoms with Crippen molar-refractivity contribution in [1.82, 2.24) is 15.2 Å². The van der Waals surface area contributed by atoms with Crippen LogP contribution in [0, 0.1) is 0 Å². The van der Waals surface area contributed by atoms with Crippen LogP contribution in [0.15, 0.2) is 84.9 Å². The van der Waals surface area contributed by atoms with Gasteiger partial charge in [-0.3, -0.25) is 5.10 Å². The second-order valence-corrected chi connectivity index (χ2v) is 7.06. The largest absolute Gasteiger partial charge is 0.497 e. The van der Waals surface area contributed by atoms with E-state index in [9.17, 15) is 0 Å². The van der Waals surface area contributed by atoms with Crippen LogP contribution in [-0.4, -0.2) is 22.3 Å². The van der Waals surface area contributed by atoms with Crippen molar-refractivity contribution >= 4 is 16.7 Å². The summed E-state index contributed by atoms with van der Waals surface area (Å²) >= 11 is 0. The highest BCUT2D eigenvalue weighted by Crippen LogP contribution is 2.34. The Kier molecular flexibility index (Phi) is 4.72. The van der Waals surface area contributed by atoms with E-state index in [2.05, 4.69) is 10.2 Å². The first kappa shape index (κ1) is 18.7. The number of ether oxygens (including phenoxy) is 2. The molecule has 0 saturated heterocycles. The Morgan fingerprint density at radius 1 is 0.774 bits per heavy atom. The van der Waals surface area contributed by atoms with Gasteiger partial charge in [-0.15, -0.1) is 0 Å². The fourth-order valence-electron chi connectivity index (χ4n) is 3.49. The third-order valence-corrected chi connectivity index (χ3v) is 5.06. The molecule has 0 atom stereocenters. The van der Waals surface area contributed by atoms with Gasteiger partial charge in [-0.2, -0.15) is 5.10 Å². The molecule has 0 aliphatic carbocycles. The van der Waals surface area contributed by atoms with Gasteiger partial charge in [0.25, 0.3) is 0 Å². The molecular formula is C25H20N4O2. The number of hydrogen-bond donors (Lipinski definition) is 2. The van der Waals surface area contributed by atoms with Gasteiger partial charge in [0, 0.05) is 11.1 Å². The molecule has 5 rings (SSSR count). The van der Waals surface area contributed by atoms with Crippen molar-refractivity contribution in [2.75, 3.05) is 12.8 Å². The van der Waals surface area contributed by atoms with Gasteiger partial charge >= 0.3 is 0 Å². The fraction of sp³-hybridized carbons (Fsp3) is 0.0400. The minimum absolute atomic E-state index is 0.420. The van der Waals surface area contributed by atoms with E-state index in [1.165, 1.54) is 0 Å². The SMILES string of the molecule is COc1ccc(-c2cc3[nH]nc(N)c3c(-c3ccc(Oc4ccccc4)cc3)n2)cc1. The van der Waals surface area contributed by atoms with Gasteiger partial charge in [0.1, 0.15) is 17.2 Å². The molecule has 0 spiro atoms. The van der Waals surface area contributed by atoms with Gasteiger partial charge in [0.2, 0.25) is 0 Å². The number of pyridine rings is 1. The van der Waals surface area contributed by atoms with Crippen molar-refractivity contribution in [1.29, 1.82) is 0 Å². The first-order valence-electron chi connectivity index (χ1n) is 9.83. The van der Waals surface area contributed by atoms with Crippen molar-refractivity contribution < 1.29 is 9.47 Å². The molecular weight excluding hydrogens is 388 g/mol. The summed E-state index contributed by atoms with van der Waals surface area (Å²) in [6.45, 7) is 0. The highest BCUT2D eigenvalue weighted by Gasteiger charge is 2.15. The van der Waals surface area contributed by atoms with E-state index in [0.29, 0.717) is 5.82 Å². The molecule has 152 valence electrons. The molecule has 0 amide bonds. The number of H-pyrrole nitrogens is 1. The molecule has 2 heterocycles. The summed E-state index contributed by atoms with van der Waals surface area (Å²) in [5.41, 5.74) is 10.5. The Bertz CT molecular complexity index is 1330. The maximum Gasteiger partial charge on any atom is 0.155 e. The lowest BCUT2D eigenvalue weighted by atomic mass is 10.0. The minimum Gasteiger partial charge on any atom is -0.497 e. The molecule has 3 aromatic carbocycles. The van der Waals surface area contributed by atoms with Crippen molar-refractivity contribution in [2.24, 2.45) is 0 Å². The van der Waals surface area contributed by atoms with Crippen LogP contribution in [-0.2, 0) is 0 Å². The van der Waals surface area contributed by atoms with Gasteiger partial charge in [-0.1, -0.05) is 18.2 Å². The van der Waals surface area contributed by atoms with Crippen LogP contribution in [0.1, 0.15) is 0 Å². The Hall–Kier alpha value is -4.32. The summed E-state index contributed by atoms with van der Waals surface area (Å²) in [7, 11) is 1.65. The van der Waals surface area contributed by atoms with Gasteiger partial charge in [-0.05, 0) is 66.7 Å². The van der Waals surface area contributed by atoms with Crippen molar-refractivity contribution in [2.45, 2.75) is 0 Å². The molecule has 0 aliphatic heterocycles. The number of methoxy groups -OCH3 is 1. The molecule has 3 N–H and O–H groups in total. The van der Waals surface area contributed by atoms with Crippen LogP contribution in [0.2, 0.25) is 0 Å². The molecule has 0 unspecified atom stereocenters. The zero-order chi connectivity index (χ0) is 21.2. The second-order valence-electron chi connectivity index (χ2n) is 7.06. The topological polar surface area (TPSA) is 86.0 Å². The number of nitrogens with one attached hydrogen (secondary N) is 1. The van der Waals surface area contributed by atoms with E-state index < -0.39 is 0 Å². The number of hydrogen-bond acceptors (Lipinski definition) is 5. The number of fused-ring (bicyclic) bond motifs is 1. The quantitative estimate of drug-likeness (QED) is 0.391. The zero-order valence-electron chi connectivity index (χ0n) is 16.9. The second kappa shape index (κ2) is 7.84.